The molecule has 1 heterocycles. The first kappa shape index (κ1) is 33.6. The molecule has 1 aliphatic rings. The van der Waals surface area contributed by atoms with Crippen molar-refractivity contribution >= 4 is 5.97 Å². The first-order valence-corrected chi connectivity index (χ1v) is 17.5. The molecule has 0 amide bonds. The zero-order valence-electron chi connectivity index (χ0n) is 27.3. The molecule has 1 aliphatic heterocycles. The Morgan fingerprint density at radius 1 is 0.523 bits per heavy atom. The number of carbonyl (C=O) groups is 1. The lowest BCUT2D eigenvalue weighted by Gasteiger charge is -2.30. The highest BCUT2D eigenvalue weighted by Crippen LogP contribution is 2.47. The summed E-state index contributed by atoms with van der Waals surface area (Å²) in [6.45, 7) is 5.96. The van der Waals surface area contributed by atoms with E-state index in [9.17, 15) is 4.79 Å². The van der Waals surface area contributed by atoms with Crippen LogP contribution < -0.4 is 9.47 Å². The Morgan fingerprint density at radius 2 is 0.932 bits per heavy atom. The van der Waals surface area contributed by atoms with Crippen molar-refractivity contribution in [3.8, 4) is 11.5 Å². The number of ether oxygens (including phenoxy) is 3. The predicted molar refractivity (Wildman–Crippen MR) is 181 cm³/mol. The van der Waals surface area contributed by atoms with Gasteiger partial charge >= 0.3 is 5.97 Å². The van der Waals surface area contributed by atoms with Crippen molar-refractivity contribution in [1.82, 2.24) is 0 Å². The van der Waals surface area contributed by atoms with E-state index in [-0.39, 0.29) is 5.97 Å². The molecular formula is C40H54O4. The molecule has 0 radical (unpaired) electrons. The molecule has 0 aliphatic carbocycles. The van der Waals surface area contributed by atoms with Crippen molar-refractivity contribution in [1.29, 1.82) is 0 Å². The molecule has 0 bridgehead atoms. The van der Waals surface area contributed by atoms with Crippen LogP contribution in [0, 0.1) is 0 Å². The molecule has 4 heteroatoms. The van der Waals surface area contributed by atoms with E-state index in [2.05, 4.69) is 13.8 Å². The van der Waals surface area contributed by atoms with Crippen LogP contribution in [0.3, 0.4) is 0 Å². The van der Waals surface area contributed by atoms with Crippen molar-refractivity contribution in [2.45, 2.75) is 122 Å². The number of rotatable bonds is 22. The fourth-order valence-electron chi connectivity index (χ4n) is 6.24. The summed E-state index contributed by atoms with van der Waals surface area (Å²) in [7, 11) is 0. The minimum absolute atomic E-state index is 0.300. The van der Waals surface area contributed by atoms with Gasteiger partial charge in [-0.05, 0) is 43.2 Å². The lowest BCUT2D eigenvalue weighted by molar-refractivity contribution is 0.0251. The second-order valence-electron chi connectivity index (χ2n) is 12.3. The van der Waals surface area contributed by atoms with Gasteiger partial charge in [-0.25, -0.2) is 4.79 Å². The molecule has 3 aromatic rings. The van der Waals surface area contributed by atoms with Crippen molar-refractivity contribution in [2.24, 2.45) is 0 Å². The quantitative estimate of drug-likeness (QED) is 0.0852. The van der Waals surface area contributed by atoms with Gasteiger partial charge in [0.15, 0.2) is 5.60 Å². The van der Waals surface area contributed by atoms with Crippen LogP contribution in [0.25, 0.3) is 0 Å². The van der Waals surface area contributed by atoms with E-state index in [4.69, 9.17) is 14.2 Å². The summed E-state index contributed by atoms with van der Waals surface area (Å²) in [6.07, 6.45) is 20.5. The average molecular weight is 599 g/mol. The maximum Gasteiger partial charge on any atom is 0.340 e. The normalized spacial score (nSPS) is 13.5. The Morgan fingerprint density at radius 3 is 1.39 bits per heavy atom. The molecule has 0 spiro atoms. The minimum atomic E-state index is -1.01. The Balaban J connectivity index is 1.36. The topological polar surface area (TPSA) is 44.8 Å². The first-order valence-electron chi connectivity index (χ1n) is 17.5. The van der Waals surface area contributed by atoms with Gasteiger partial charge in [-0.1, -0.05) is 146 Å². The summed E-state index contributed by atoms with van der Waals surface area (Å²) in [4.78, 5) is 13.1. The number of hydrogen-bond donors (Lipinski definition) is 0. The van der Waals surface area contributed by atoms with E-state index in [1.165, 1.54) is 89.9 Å². The third-order valence-electron chi connectivity index (χ3n) is 8.83. The molecule has 0 saturated carbocycles. The zero-order chi connectivity index (χ0) is 30.9. The molecule has 3 aromatic carbocycles. The monoisotopic (exact) mass is 598 g/mol. The largest absolute Gasteiger partial charge is 0.494 e. The van der Waals surface area contributed by atoms with Gasteiger partial charge in [0, 0.05) is 16.7 Å². The maximum atomic E-state index is 13.1. The molecule has 0 atom stereocenters. The van der Waals surface area contributed by atoms with Gasteiger partial charge in [0.2, 0.25) is 0 Å². The maximum absolute atomic E-state index is 13.1. The smallest absolute Gasteiger partial charge is 0.340 e. The number of carbonyl (C=O) groups excluding carboxylic acids is 1. The second kappa shape index (κ2) is 18.5. The first-order chi connectivity index (χ1) is 21.7. The van der Waals surface area contributed by atoms with Crippen molar-refractivity contribution in [3.63, 3.8) is 0 Å². The summed E-state index contributed by atoms with van der Waals surface area (Å²) in [6, 6.07) is 23.8. The van der Waals surface area contributed by atoms with Crippen LogP contribution in [0.2, 0.25) is 0 Å². The van der Waals surface area contributed by atoms with Gasteiger partial charge in [0.05, 0.1) is 18.8 Å². The SMILES string of the molecule is CCCCCCCCCCOc1ccc(C2(c3ccc(OCCCCCCCCCC)cc3)OC(=O)c3ccccc32)cc1. The molecule has 0 saturated heterocycles. The van der Waals surface area contributed by atoms with E-state index in [1.807, 2.05) is 72.8 Å². The van der Waals surface area contributed by atoms with E-state index < -0.39 is 5.60 Å². The molecular weight excluding hydrogens is 544 g/mol. The van der Waals surface area contributed by atoms with Gasteiger partial charge in [0.1, 0.15) is 11.5 Å². The Labute approximate surface area is 266 Å². The van der Waals surface area contributed by atoms with Crippen LogP contribution in [0.5, 0.6) is 11.5 Å². The predicted octanol–water partition coefficient (Wildman–Crippen LogP) is 11.2. The molecule has 4 nitrogen and oxygen atoms in total. The summed E-state index contributed by atoms with van der Waals surface area (Å²) < 4.78 is 18.4. The molecule has 0 aromatic heterocycles. The molecule has 0 fully saturated rings. The average Bonchev–Trinajstić information content (AvgIpc) is 3.37. The van der Waals surface area contributed by atoms with E-state index in [0.717, 1.165) is 54.2 Å². The fourth-order valence-corrected chi connectivity index (χ4v) is 6.24. The van der Waals surface area contributed by atoms with Crippen LogP contribution in [-0.4, -0.2) is 19.2 Å². The van der Waals surface area contributed by atoms with Crippen molar-refractivity contribution in [3.05, 3.63) is 95.1 Å². The van der Waals surface area contributed by atoms with Gasteiger partial charge < -0.3 is 14.2 Å². The lowest BCUT2D eigenvalue weighted by Crippen LogP contribution is -2.29. The van der Waals surface area contributed by atoms with Crippen molar-refractivity contribution in [2.75, 3.05) is 13.2 Å². The third-order valence-corrected chi connectivity index (χ3v) is 8.83. The molecule has 4 rings (SSSR count). The van der Waals surface area contributed by atoms with Gasteiger partial charge in [-0.2, -0.15) is 0 Å². The van der Waals surface area contributed by atoms with Crippen LogP contribution >= 0.6 is 0 Å². The van der Waals surface area contributed by atoms with Crippen LogP contribution in [0.1, 0.15) is 144 Å². The summed E-state index contributed by atoms with van der Waals surface area (Å²) in [5.74, 6) is 1.38. The standard InChI is InChI=1S/C40H54O4/c1-3-5-7-9-11-13-15-19-31-42-35-27-23-33(24-28-35)40(38-22-18-17-21-37(38)39(41)44-40)34-25-29-36(30-26-34)43-32-20-16-14-12-10-8-6-4-2/h17-18,21-30H,3-16,19-20,31-32H2,1-2H3. The highest BCUT2D eigenvalue weighted by atomic mass is 16.6. The Kier molecular flexibility index (Phi) is 14.1. The molecule has 0 unspecified atom stereocenters. The van der Waals surface area contributed by atoms with Crippen LogP contribution in [0.15, 0.2) is 72.8 Å². The minimum Gasteiger partial charge on any atom is -0.494 e. The number of hydrogen-bond acceptors (Lipinski definition) is 4. The number of esters is 1. The lowest BCUT2D eigenvalue weighted by atomic mass is 9.80. The summed E-state index contributed by atoms with van der Waals surface area (Å²) >= 11 is 0. The van der Waals surface area contributed by atoms with E-state index in [1.54, 1.807) is 0 Å². The molecule has 44 heavy (non-hydrogen) atoms. The number of cyclic esters (lactones) is 1. The van der Waals surface area contributed by atoms with Gasteiger partial charge in [-0.3, -0.25) is 0 Å². The zero-order valence-corrected chi connectivity index (χ0v) is 27.3. The number of unbranched alkanes of at least 4 members (excludes halogenated alkanes) is 14. The van der Waals surface area contributed by atoms with Crippen molar-refractivity contribution < 1.29 is 19.0 Å². The highest BCUT2D eigenvalue weighted by molar-refractivity contribution is 5.96. The van der Waals surface area contributed by atoms with Crippen LogP contribution in [0.4, 0.5) is 0 Å². The molecule has 238 valence electrons. The summed E-state index contributed by atoms with van der Waals surface area (Å²) in [5.41, 5.74) is 2.27. The summed E-state index contributed by atoms with van der Waals surface area (Å²) in [5, 5.41) is 0. The molecule has 0 N–H and O–H groups in total. The van der Waals surface area contributed by atoms with Gasteiger partial charge in [-0.15, -0.1) is 0 Å². The number of benzene rings is 3. The van der Waals surface area contributed by atoms with E-state index in [0.29, 0.717) is 5.56 Å². The second-order valence-corrected chi connectivity index (χ2v) is 12.3. The fraction of sp³-hybridized carbons (Fsp3) is 0.525. The Hall–Kier alpha value is -3.27. The van der Waals surface area contributed by atoms with E-state index >= 15 is 0 Å². The van der Waals surface area contributed by atoms with Crippen LogP contribution in [-0.2, 0) is 10.3 Å². The Bertz CT molecular complexity index is 1170. The number of fused-ring (bicyclic) bond motifs is 1. The van der Waals surface area contributed by atoms with Gasteiger partial charge in [0.25, 0.3) is 0 Å². The highest BCUT2D eigenvalue weighted by Gasteiger charge is 2.48. The third kappa shape index (κ3) is 9.36.